The van der Waals surface area contributed by atoms with E-state index in [1.165, 1.54) is 0 Å². The molecule has 2 rings (SSSR count). The topological polar surface area (TPSA) is 65.5 Å². The van der Waals surface area contributed by atoms with Crippen molar-refractivity contribution in [2.45, 2.75) is 13.8 Å². The molecule has 0 N–H and O–H groups in total. The van der Waals surface area contributed by atoms with Gasteiger partial charge in [0.05, 0.1) is 12.3 Å². The smallest absolute Gasteiger partial charge is 0.376 e. The van der Waals surface area contributed by atoms with Crippen LogP contribution < -0.4 is 0 Å². The highest BCUT2D eigenvalue weighted by Crippen LogP contribution is 2.26. The van der Waals surface area contributed by atoms with Crippen molar-refractivity contribution in [2.24, 2.45) is 0 Å². The lowest BCUT2D eigenvalue weighted by molar-refractivity contribution is 0.0490. The predicted octanol–water partition coefficient (Wildman–Crippen LogP) is 3.07. The zero-order valence-corrected chi connectivity index (χ0v) is 10.1. The van der Waals surface area contributed by atoms with E-state index in [4.69, 9.17) is 25.2 Å². The number of carbonyl (C=O) groups excluding carboxylic acids is 1. The lowest BCUT2D eigenvalue weighted by Gasteiger charge is -1.96. The van der Waals surface area contributed by atoms with Gasteiger partial charge in [0.1, 0.15) is 0 Å². The van der Waals surface area contributed by atoms with Gasteiger partial charge in [0.2, 0.25) is 5.76 Å². The van der Waals surface area contributed by atoms with Crippen molar-refractivity contribution in [3.05, 3.63) is 28.8 Å². The fraction of sp³-hybridized carbons (Fsp3) is 0.273. The zero-order chi connectivity index (χ0) is 12.4. The van der Waals surface area contributed by atoms with Crippen LogP contribution in [0.4, 0.5) is 0 Å². The summed E-state index contributed by atoms with van der Waals surface area (Å²) in [6.07, 6.45) is 0. The first-order chi connectivity index (χ1) is 8.11. The van der Waals surface area contributed by atoms with Gasteiger partial charge in [-0.1, -0.05) is 0 Å². The van der Waals surface area contributed by atoms with Gasteiger partial charge >= 0.3 is 5.97 Å². The normalized spacial score (nSPS) is 10.5. The van der Waals surface area contributed by atoms with Crippen LogP contribution in [0.15, 0.2) is 21.0 Å². The summed E-state index contributed by atoms with van der Waals surface area (Å²) in [5.74, 6) is 0.113. The Balaban J connectivity index is 2.33. The minimum atomic E-state index is -0.540. The summed E-state index contributed by atoms with van der Waals surface area (Å²) in [7, 11) is 0. The van der Waals surface area contributed by atoms with Crippen molar-refractivity contribution in [1.29, 1.82) is 0 Å². The fourth-order valence-electron chi connectivity index (χ4n) is 1.32. The third kappa shape index (κ3) is 2.34. The number of aromatic nitrogens is 1. The molecule has 2 aromatic rings. The second-order valence-corrected chi connectivity index (χ2v) is 3.63. The maximum Gasteiger partial charge on any atom is 0.376 e. The van der Waals surface area contributed by atoms with Crippen LogP contribution in [0.1, 0.15) is 23.2 Å². The molecule has 0 saturated carbocycles. The molecule has 2 aromatic heterocycles. The van der Waals surface area contributed by atoms with Crippen LogP contribution in [0.25, 0.3) is 11.7 Å². The summed E-state index contributed by atoms with van der Waals surface area (Å²) in [5, 5.41) is 0.230. The third-order valence-corrected chi connectivity index (χ3v) is 2.24. The molecule has 0 fully saturated rings. The van der Waals surface area contributed by atoms with E-state index >= 15 is 0 Å². The standard InChI is InChI=1S/C11H10ClNO4/c1-3-15-11(14)9-6(2)13-10(17-9)7-4-5-8(12)16-7/h4-5H,3H2,1-2H3. The van der Waals surface area contributed by atoms with Crippen LogP contribution in [0.3, 0.4) is 0 Å². The molecule has 5 nitrogen and oxygen atoms in total. The van der Waals surface area contributed by atoms with E-state index in [-0.39, 0.29) is 23.5 Å². The average molecular weight is 256 g/mol. The Bertz CT molecular complexity index is 543. The monoisotopic (exact) mass is 255 g/mol. The fourth-order valence-corrected chi connectivity index (χ4v) is 1.46. The molecule has 17 heavy (non-hydrogen) atoms. The van der Waals surface area contributed by atoms with E-state index in [1.807, 2.05) is 0 Å². The van der Waals surface area contributed by atoms with Gasteiger partial charge in [-0.15, -0.1) is 0 Å². The summed E-state index contributed by atoms with van der Waals surface area (Å²) >= 11 is 5.64. The average Bonchev–Trinajstić information content (AvgIpc) is 2.85. The molecular weight excluding hydrogens is 246 g/mol. The number of furan rings is 1. The van der Waals surface area contributed by atoms with Crippen molar-refractivity contribution in [2.75, 3.05) is 6.61 Å². The molecule has 0 saturated heterocycles. The SMILES string of the molecule is CCOC(=O)c1oc(-c2ccc(Cl)o2)nc1C. The summed E-state index contributed by atoms with van der Waals surface area (Å²) in [6.45, 7) is 3.65. The molecule has 0 spiro atoms. The summed E-state index contributed by atoms with van der Waals surface area (Å²) in [6, 6.07) is 3.18. The third-order valence-electron chi connectivity index (χ3n) is 2.04. The minimum Gasteiger partial charge on any atom is -0.460 e. The molecule has 0 aliphatic heterocycles. The Morgan fingerprint density at radius 3 is 2.82 bits per heavy atom. The predicted molar refractivity (Wildman–Crippen MR) is 59.9 cm³/mol. The Labute approximate surface area is 102 Å². The van der Waals surface area contributed by atoms with Gasteiger partial charge in [-0.05, 0) is 37.6 Å². The number of ether oxygens (including phenoxy) is 1. The summed E-state index contributed by atoms with van der Waals surface area (Å²) < 4.78 is 15.3. The number of esters is 1. The minimum absolute atomic E-state index is 0.0781. The maximum atomic E-state index is 11.5. The summed E-state index contributed by atoms with van der Waals surface area (Å²) in [4.78, 5) is 15.6. The van der Waals surface area contributed by atoms with Crippen LogP contribution >= 0.6 is 11.6 Å². The quantitative estimate of drug-likeness (QED) is 0.789. The van der Waals surface area contributed by atoms with Gasteiger partial charge in [-0.3, -0.25) is 0 Å². The Hall–Kier alpha value is -1.75. The van der Waals surface area contributed by atoms with Gasteiger partial charge in [0.15, 0.2) is 11.0 Å². The van der Waals surface area contributed by atoms with E-state index < -0.39 is 5.97 Å². The number of nitrogens with zero attached hydrogens (tertiary/aromatic N) is 1. The van der Waals surface area contributed by atoms with Gasteiger partial charge in [0.25, 0.3) is 5.89 Å². The molecule has 90 valence electrons. The van der Waals surface area contributed by atoms with Crippen molar-refractivity contribution < 1.29 is 18.4 Å². The van der Waals surface area contributed by atoms with Crippen LogP contribution in [-0.4, -0.2) is 17.6 Å². The highest BCUT2D eigenvalue weighted by atomic mass is 35.5. The molecule has 0 amide bonds. The van der Waals surface area contributed by atoms with E-state index in [9.17, 15) is 4.79 Å². The molecule has 0 radical (unpaired) electrons. The van der Waals surface area contributed by atoms with Gasteiger partial charge < -0.3 is 13.6 Å². The first-order valence-electron chi connectivity index (χ1n) is 5.02. The number of carbonyl (C=O) groups is 1. The van der Waals surface area contributed by atoms with Crippen molar-refractivity contribution >= 4 is 17.6 Å². The molecule has 2 heterocycles. The first kappa shape index (κ1) is 11.7. The molecule has 0 atom stereocenters. The van der Waals surface area contributed by atoms with Crippen LogP contribution in [0.5, 0.6) is 0 Å². The number of halogens is 1. The van der Waals surface area contributed by atoms with Crippen LogP contribution in [0.2, 0.25) is 5.22 Å². The molecule has 6 heteroatoms. The second kappa shape index (κ2) is 4.63. The molecule has 0 aliphatic carbocycles. The summed E-state index contributed by atoms with van der Waals surface area (Å²) in [5.41, 5.74) is 0.450. The zero-order valence-electron chi connectivity index (χ0n) is 9.32. The van der Waals surface area contributed by atoms with E-state index in [2.05, 4.69) is 4.98 Å². The lowest BCUT2D eigenvalue weighted by Crippen LogP contribution is -2.04. The Morgan fingerprint density at radius 1 is 1.47 bits per heavy atom. The number of rotatable bonds is 3. The molecule has 0 aromatic carbocycles. The maximum absolute atomic E-state index is 11.5. The van der Waals surface area contributed by atoms with Gasteiger partial charge in [-0.2, -0.15) is 0 Å². The van der Waals surface area contributed by atoms with Crippen LogP contribution in [0, 0.1) is 6.92 Å². The van der Waals surface area contributed by atoms with E-state index in [0.717, 1.165) is 0 Å². The largest absolute Gasteiger partial charge is 0.460 e. The molecule has 0 unspecified atom stereocenters. The first-order valence-corrected chi connectivity index (χ1v) is 5.40. The van der Waals surface area contributed by atoms with E-state index in [0.29, 0.717) is 11.5 Å². The van der Waals surface area contributed by atoms with Gasteiger partial charge in [-0.25, -0.2) is 9.78 Å². The van der Waals surface area contributed by atoms with Crippen molar-refractivity contribution in [3.63, 3.8) is 0 Å². The number of hydrogen-bond donors (Lipinski definition) is 0. The highest BCUT2D eigenvalue weighted by Gasteiger charge is 2.20. The second-order valence-electron chi connectivity index (χ2n) is 3.26. The van der Waals surface area contributed by atoms with E-state index in [1.54, 1.807) is 26.0 Å². The highest BCUT2D eigenvalue weighted by molar-refractivity contribution is 6.28. The van der Waals surface area contributed by atoms with Crippen molar-refractivity contribution in [1.82, 2.24) is 4.98 Å². The number of hydrogen-bond acceptors (Lipinski definition) is 5. The van der Waals surface area contributed by atoms with Crippen molar-refractivity contribution in [3.8, 4) is 11.7 Å². The van der Waals surface area contributed by atoms with Crippen LogP contribution in [-0.2, 0) is 4.74 Å². The Kier molecular flexibility index (Phi) is 3.19. The molecule has 0 aliphatic rings. The molecule has 0 bridgehead atoms. The lowest BCUT2D eigenvalue weighted by atomic mass is 10.4. The Morgan fingerprint density at radius 2 is 2.24 bits per heavy atom. The van der Waals surface area contributed by atoms with Gasteiger partial charge in [0, 0.05) is 0 Å². The number of oxazole rings is 1. The molecular formula is C11H10ClNO4. The number of aryl methyl sites for hydroxylation is 1.